The lowest BCUT2D eigenvalue weighted by Gasteiger charge is -2.09. The van der Waals surface area contributed by atoms with Gasteiger partial charge in [-0.3, -0.25) is 4.79 Å². The van der Waals surface area contributed by atoms with Crippen LogP contribution in [0.5, 0.6) is 5.75 Å². The van der Waals surface area contributed by atoms with Gasteiger partial charge < -0.3 is 9.94 Å². The number of carbonyl (C=O) groups is 1. The molecule has 0 saturated heterocycles. The maximum absolute atomic E-state index is 13.9. The van der Waals surface area contributed by atoms with E-state index in [4.69, 9.17) is 11.6 Å². The lowest BCUT2D eigenvalue weighted by atomic mass is 10.0. The fourth-order valence-electron chi connectivity index (χ4n) is 2.37. The van der Waals surface area contributed by atoms with Crippen molar-refractivity contribution in [2.75, 3.05) is 0 Å². The highest BCUT2D eigenvalue weighted by Gasteiger charge is 2.40. The lowest BCUT2D eigenvalue weighted by molar-refractivity contribution is -0.358. The number of Topliss-reactive ketones (excluding diaryl/α,β-unsaturated/α-hetero) is 1. The molecule has 0 amide bonds. The van der Waals surface area contributed by atoms with E-state index in [1.807, 2.05) is 0 Å². The van der Waals surface area contributed by atoms with E-state index in [0.717, 1.165) is 24.3 Å². The zero-order chi connectivity index (χ0) is 17.6. The molecule has 1 aliphatic rings. The Labute approximate surface area is 137 Å². The average molecular weight is 360 g/mol. The van der Waals surface area contributed by atoms with Crippen molar-refractivity contribution in [2.45, 2.75) is 6.36 Å². The van der Waals surface area contributed by atoms with Crippen LogP contribution in [0.1, 0.15) is 15.9 Å². The second-order valence-electron chi connectivity index (χ2n) is 4.83. The lowest BCUT2D eigenvalue weighted by Crippen LogP contribution is -2.19. The Kier molecular flexibility index (Phi) is 3.71. The molecule has 24 heavy (non-hydrogen) atoms. The predicted molar refractivity (Wildman–Crippen MR) is 76.3 cm³/mol. The number of hydrogen-bond donors (Lipinski definition) is 0. The molecule has 0 fully saturated rings. The minimum Gasteiger partial charge on any atom is -0.618 e. The summed E-state index contributed by atoms with van der Waals surface area (Å²) >= 11 is 5.67. The number of nitrogens with zero attached hydrogens (tertiary/aromatic N) is 1. The molecule has 0 spiro atoms. The summed E-state index contributed by atoms with van der Waals surface area (Å²) < 4.78 is 54.5. The molecular formula is C15H6ClF4NO3. The minimum absolute atomic E-state index is 0.0377. The molecule has 124 valence electrons. The van der Waals surface area contributed by atoms with E-state index in [2.05, 4.69) is 4.74 Å². The summed E-state index contributed by atoms with van der Waals surface area (Å²) in [5.74, 6) is -2.45. The highest BCUT2D eigenvalue weighted by atomic mass is 35.5. The molecule has 2 aromatic carbocycles. The summed E-state index contributed by atoms with van der Waals surface area (Å²) in [6, 6.07) is 6.29. The Morgan fingerprint density at radius 1 is 1.17 bits per heavy atom. The number of halogens is 5. The van der Waals surface area contributed by atoms with Gasteiger partial charge in [0.2, 0.25) is 0 Å². The van der Waals surface area contributed by atoms with Crippen LogP contribution in [-0.4, -0.2) is 22.6 Å². The fourth-order valence-corrected chi connectivity index (χ4v) is 2.57. The van der Waals surface area contributed by atoms with E-state index in [9.17, 15) is 27.6 Å². The number of fused-ring (bicyclic) bond motifs is 1. The van der Waals surface area contributed by atoms with Crippen molar-refractivity contribution in [1.82, 2.24) is 0 Å². The molecular weight excluding hydrogens is 354 g/mol. The molecule has 0 radical (unpaired) electrons. The number of alkyl halides is 3. The predicted octanol–water partition coefficient (Wildman–Crippen LogP) is 4.21. The first-order valence-electron chi connectivity index (χ1n) is 6.41. The molecule has 0 aromatic heterocycles. The van der Waals surface area contributed by atoms with E-state index in [0.29, 0.717) is 0 Å². The largest absolute Gasteiger partial charge is 0.618 e. The van der Waals surface area contributed by atoms with Gasteiger partial charge in [-0.15, -0.1) is 13.2 Å². The Hall–Kier alpha value is -2.61. The Morgan fingerprint density at radius 3 is 2.54 bits per heavy atom. The first-order chi connectivity index (χ1) is 11.2. The highest BCUT2D eigenvalue weighted by Crippen LogP contribution is 2.34. The molecule has 4 nitrogen and oxygen atoms in total. The normalized spacial score (nSPS) is 14.1. The first-order valence-corrected chi connectivity index (χ1v) is 6.79. The van der Waals surface area contributed by atoms with E-state index in [-0.39, 0.29) is 20.9 Å². The van der Waals surface area contributed by atoms with E-state index < -0.39 is 35.1 Å². The number of benzene rings is 2. The molecule has 3 rings (SSSR count). The van der Waals surface area contributed by atoms with Crippen LogP contribution in [0.2, 0.25) is 5.02 Å². The monoisotopic (exact) mass is 359 g/mol. The van der Waals surface area contributed by atoms with Crippen LogP contribution in [-0.2, 0) is 0 Å². The van der Waals surface area contributed by atoms with Crippen molar-refractivity contribution in [3.8, 4) is 5.75 Å². The second kappa shape index (κ2) is 5.48. The van der Waals surface area contributed by atoms with Crippen LogP contribution in [0.15, 0.2) is 36.4 Å². The third-order valence-electron chi connectivity index (χ3n) is 3.24. The highest BCUT2D eigenvalue weighted by molar-refractivity contribution is 6.52. The van der Waals surface area contributed by atoms with Gasteiger partial charge in [-0.05, 0) is 30.3 Å². The van der Waals surface area contributed by atoms with Crippen molar-refractivity contribution in [3.63, 3.8) is 0 Å². The van der Waals surface area contributed by atoms with Gasteiger partial charge in [-0.2, -0.15) is 9.13 Å². The Balaban J connectivity index is 2.10. The van der Waals surface area contributed by atoms with E-state index in [1.165, 1.54) is 12.1 Å². The molecule has 9 heteroatoms. The Bertz CT molecular complexity index is 893. The summed E-state index contributed by atoms with van der Waals surface area (Å²) in [4.78, 5) is 12.3. The van der Waals surface area contributed by atoms with Crippen LogP contribution in [0.3, 0.4) is 0 Å². The van der Waals surface area contributed by atoms with Crippen LogP contribution < -0.4 is 4.74 Å². The SMILES string of the molecule is O=C1C(c2cccc(OC(F)(F)F)c2)=[N+]([O-])c2c(F)cc(Cl)cc21. The molecule has 0 N–H and O–H groups in total. The number of rotatable bonds is 2. The minimum atomic E-state index is -4.93. The molecule has 1 aliphatic heterocycles. The van der Waals surface area contributed by atoms with Crippen LogP contribution >= 0.6 is 11.6 Å². The maximum atomic E-state index is 13.9. The zero-order valence-electron chi connectivity index (χ0n) is 11.5. The molecule has 0 unspecified atom stereocenters. The molecule has 2 aromatic rings. The number of carbonyl (C=O) groups excluding carboxylic acids is 1. The smallest absolute Gasteiger partial charge is 0.573 e. The van der Waals surface area contributed by atoms with Gasteiger partial charge in [-0.25, -0.2) is 0 Å². The van der Waals surface area contributed by atoms with Gasteiger partial charge in [0.1, 0.15) is 11.3 Å². The average Bonchev–Trinajstić information content (AvgIpc) is 2.69. The van der Waals surface area contributed by atoms with E-state index in [1.54, 1.807) is 0 Å². The summed E-state index contributed by atoms with van der Waals surface area (Å²) in [5, 5.41) is 12.2. The Morgan fingerprint density at radius 2 is 1.88 bits per heavy atom. The summed E-state index contributed by atoms with van der Waals surface area (Å²) in [7, 11) is 0. The van der Waals surface area contributed by atoms with Gasteiger partial charge in [-0.1, -0.05) is 17.7 Å². The summed E-state index contributed by atoms with van der Waals surface area (Å²) in [6.45, 7) is 0. The third-order valence-corrected chi connectivity index (χ3v) is 3.45. The zero-order valence-corrected chi connectivity index (χ0v) is 12.3. The van der Waals surface area contributed by atoms with Gasteiger partial charge >= 0.3 is 6.36 Å². The van der Waals surface area contributed by atoms with Gasteiger partial charge in [0.15, 0.2) is 5.82 Å². The van der Waals surface area contributed by atoms with E-state index >= 15 is 0 Å². The first kappa shape index (κ1) is 16.3. The van der Waals surface area contributed by atoms with Gasteiger partial charge in [0.05, 0.1) is 5.56 Å². The van der Waals surface area contributed by atoms with Gasteiger partial charge in [0.25, 0.3) is 17.2 Å². The number of ketones is 1. The van der Waals surface area contributed by atoms with Gasteiger partial charge in [0, 0.05) is 5.02 Å². The van der Waals surface area contributed by atoms with Crippen LogP contribution in [0.4, 0.5) is 23.2 Å². The standard InChI is InChI=1S/C15H6ClF4NO3/c16-8-5-10-13(11(17)6-8)21(23)12(14(10)22)7-2-1-3-9(4-7)24-15(18,19)20/h1-6H. The van der Waals surface area contributed by atoms with Crippen LogP contribution in [0, 0.1) is 11.0 Å². The fraction of sp³-hybridized carbons (Fsp3) is 0.0667. The second-order valence-corrected chi connectivity index (χ2v) is 5.27. The van der Waals surface area contributed by atoms with Crippen molar-refractivity contribution < 1.29 is 31.8 Å². The summed E-state index contributed by atoms with van der Waals surface area (Å²) in [5.41, 5.74) is -1.43. The molecule has 0 aliphatic carbocycles. The quantitative estimate of drug-likeness (QED) is 0.458. The third kappa shape index (κ3) is 2.80. The number of hydrogen-bond acceptors (Lipinski definition) is 3. The molecule has 0 atom stereocenters. The maximum Gasteiger partial charge on any atom is 0.573 e. The molecule has 0 saturated carbocycles. The molecule has 0 bridgehead atoms. The topological polar surface area (TPSA) is 52.4 Å². The van der Waals surface area contributed by atoms with Crippen LogP contribution in [0.25, 0.3) is 0 Å². The van der Waals surface area contributed by atoms with Crippen molar-refractivity contribution in [2.24, 2.45) is 0 Å². The van der Waals surface area contributed by atoms with Crippen molar-refractivity contribution in [3.05, 3.63) is 63.6 Å². The summed E-state index contributed by atoms with van der Waals surface area (Å²) in [6.07, 6.45) is -4.93. The number of ether oxygens (including phenoxy) is 1. The molecule has 1 heterocycles. The van der Waals surface area contributed by atoms with Crippen molar-refractivity contribution >= 4 is 28.8 Å². The van der Waals surface area contributed by atoms with Crippen molar-refractivity contribution in [1.29, 1.82) is 0 Å².